The molecular formula is C24H33N7O5. The molecule has 3 rings (SSSR count). The Morgan fingerprint density at radius 1 is 1.25 bits per heavy atom. The minimum Gasteiger partial charge on any atom is -0.493 e. The Hall–Kier alpha value is -3.93. The molecule has 2 amide bonds. The number of rotatable bonds is 8. The molecule has 0 radical (unpaired) electrons. The van der Waals surface area contributed by atoms with Gasteiger partial charge in [-0.3, -0.25) is 9.69 Å². The molecule has 36 heavy (non-hydrogen) atoms. The summed E-state index contributed by atoms with van der Waals surface area (Å²) in [5, 5.41) is 7.18. The van der Waals surface area contributed by atoms with Crippen molar-refractivity contribution in [2.45, 2.75) is 52.9 Å². The van der Waals surface area contributed by atoms with Crippen LogP contribution in [0.25, 0.3) is 5.65 Å². The fourth-order valence-corrected chi connectivity index (χ4v) is 3.33. The zero-order valence-electron chi connectivity index (χ0n) is 21.7. The van der Waals surface area contributed by atoms with E-state index in [-0.39, 0.29) is 36.5 Å². The summed E-state index contributed by atoms with van der Waals surface area (Å²) >= 11 is 0. The van der Waals surface area contributed by atoms with Crippen LogP contribution in [0, 0.1) is 6.92 Å². The molecule has 0 saturated carbocycles. The lowest BCUT2D eigenvalue weighted by molar-refractivity contribution is 0.0587. The van der Waals surface area contributed by atoms with Gasteiger partial charge in [-0.15, -0.1) is 0 Å². The first-order valence-electron chi connectivity index (χ1n) is 11.4. The molecule has 0 bridgehead atoms. The number of nitrogens with zero attached hydrogens (tertiary/aromatic N) is 5. The number of ether oxygens (including phenoxy) is 3. The number of nitrogens with one attached hydrogen (secondary N) is 1. The highest BCUT2D eigenvalue weighted by Crippen LogP contribution is 2.21. The van der Waals surface area contributed by atoms with E-state index < -0.39 is 11.7 Å². The maximum absolute atomic E-state index is 13.0. The normalized spacial score (nSPS) is 12.3. The lowest BCUT2D eigenvalue weighted by Gasteiger charge is -2.25. The molecule has 12 nitrogen and oxygen atoms in total. The summed E-state index contributed by atoms with van der Waals surface area (Å²) in [5.41, 5.74) is 7.02. The van der Waals surface area contributed by atoms with Crippen molar-refractivity contribution in [3.05, 3.63) is 41.3 Å². The van der Waals surface area contributed by atoms with E-state index in [0.29, 0.717) is 28.6 Å². The van der Waals surface area contributed by atoms with Crippen molar-refractivity contribution in [3.63, 3.8) is 0 Å². The third kappa shape index (κ3) is 6.39. The van der Waals surface area contributed by atoms with Crippen molar-refractivity contribution in [2.24, 2.45) is 0 Å². The minimum absolute atomic E-state index is 0.228. The van der Waals surface area contributed by atoms with Crippen LogP contribution < -0.4 is 20.7 Å². The van der Waals surface area contributed by atoms with Crippen molar-refractivity contribution < 1.29 is 23.8 Å². The molecule has 0 fully saturated rings. The van der Waals surface area contributed by atoms with E-state index in [9.17, 15) is 9.59 Å². The molecule has 0 spiro atoms. The predicted molar refractivity (Wildman–Crippen MR) is 134 cm³/mol. The number of carbonyl (C=O) groups excluding carboxylic acids is 2. The SMILES string of the molecule is COc1ccc(COC[C@@H](C)NC(=O)c2cnn3c(N(C)C(=O)OC(C)(C)C)cc(C)nc23)nc1N. The molecule has 0 unspecified atom stereocenters. The molecule has 3 aromatic rings. The molecule has 194 valence electrons. The maximum atomic E-state index is 13.0. The Morgan fingerprint density at radius 3 is 2.61 bits per heavy atom. The molecule has 3 N–H and O–H groups in total. The first kappa shape index (κ1) is 26.7. The van der Waals surface area contributed by atoms with Gasteiger partial charge in [-0.05, 0) is 46.8 Å². The molecule has 3 aromatic heterocycles. The zero-order chi connectivity index (χ0) is 26.6. The van der Waals surface area contributed by atoms with Crippen LogP contribution in [-0.2, 0) is 16.1 Å². The van der Waals surface area contributed by atoms with Gasteiger partial charge in [0.1, 0.15) is 17.0 Å². The number of amides is 2. The number of anilines is 2. The summed E-state index contributed by atoms with van der Waals surface area (Å²) in [7, 11) is 3.10. The Bertz CT molecular complexity index is 1250. The lowest BCUT2D eigenvalue weighted by atomic mass is 10.2. The smallest absolute Gasteiger partial charge is 0.415 e. The first-order valence-corrected chi connectivity index (χ1v) is 11.4. The van der Waals surface area contributed by atoms with Crippen LogP contribution in [0.15, 0.2) is 24.4 Å². The number of nitrogens with two attached hydrogens (primary N) is 1. The summed E-state index contributed by atoms with van der Waals surface area (Å²) in [6.45, 7) is 9.43. The second-order valence-electron chi connectivity index (χ2n) is 9.37. The van der Waals surface area contributed by atoms with Gasteiger partial charge in [0, 0.05) is 24.8 Å². The van der Waals surface area contributed by atoms with Crippen LogP contribution in [-0.4, -0.2) is 64.0 Å². The van der Waals surface area contributed by atoms with Crippen LogP contribution >= 0.6 is 0 Å². The number of fused-ring (bicyclic) bond motifs is 1. The molecule has 0 aliphatic carbocycles. The molecule has 0 saturated heterocycles. The second kappa shape index (κ2) is 10.8. The van der Waals surface area contributed by atoms with Gasteiger partial charge in [0.2, 0.25) is 0 Å². The van der Waals surface area contributed by atoms with Crippen LogP contribution in [0.1, 0.15) is 49.4 Å². The van der Waals surface area contributed by atoms with Gasteiger partial charge < -0.3 is 25.3 Å². The van der Waals surface area contributed by atoms with Gasteiger partial charge in [-0.25, -0.2) is 14.8 Å². The minimum atomic E-state index is -0.657. The van der Waals surface area contributed by atoms with Gasteiger partial charge in [-0.2, -0.15) is 9.61 Å². The van der Waals surface area contributed by atoms with E-state index in [1.54, 1.807) is 52.9 Å². The number of hydrogen-bond acceptors (Lipinski definition) is 9. The molecule has 12 heteroatoms. The van der Waals surface area contributed by atoms with E-state index in [4.69, 9.17) is 19.9 Å². The number of methoxy groups -OCH3 is 1. The van der Waals surface area contributed by atoms with E-state index in [2.05, 4.69) is 20.4 Å². The number of carbonyl (C=O) groups is 2. The van der Waals surface area contributed by atoms with Crippen LogP contribution in [0.3, 0.4) is 0 Å². The number of pyridine rings is 1. The molecular weight excluding hydrogens is 466 g/mol. The molecule has 0 aromatic carbocycles. The number of aryl methyl sites for hydroxylation is 1. The van der Waals surface area contributed by atoms with E-state index >= 15 is 0 Å². The Labute approximate surface area is 209 Å². The zero-order valence-corrected chi connectivity index (χ0v) is 21.7. The van der Waals surface area contributed by atoms with Gasteiger partial charge in [0.25, 0.3) is 5.91 Å². The van der Waals surface area contributed by atoms with E-state index in [1.807, 2.05) is 6.92 Å². The molecule has 0 aliphatic heterocycles. The largest absolute Gasteiger partial charge is 0.493 e. The van der Waals surface area contributed by atoms with Gasteiger partial charge >= 0.3 is 6.09 Å². The van der Waals surface area contributed by atoms with Crippen LogP contribution in [0.4, 0.5) is 16.4 Å². The fourth-order valence-electron chi connectivity index (χ4n) is 3.33. The molecule has 0 aliphatic rings. The average Bonchev–Trinajstić information content (AvgIpc) is 3.20. The van der Waals surface area contributed by atoms with Gasteiger partial charge in [0.15, 0.2) is 17.2 Å². The highest BCUT2D eigenvalue weighted by Gasteiger charge is 2.25. The summed E-state index contributed by atoms with van der Waals surface area (Å²) in [6, 6.07) is 4.87. The van der Waals surface area contributed by atoms with E-state index in [0.717, 1.165) is 0 Å². The first-order chi connectivity index (χ1) is 16.9. The topological polar surface area (TPSA) is 146 Å². The highest BCUT2D eigenvalue weighted by atomic mass is 16.6. The van der Waals surface area contributed by atoms with E-state index in [1.165, 1.54) is 22.7 Å². The van der Waals surface area contributed by atoms with Gasteiger partial charge in [0.05, 0.1) is 32.2 Å². The summed E-state index contributed by atoms with van der Waals surface area (Å²) in [5.74, 6) is 0.843. The third-order valence-corrected chi connectivity index (χ3v) is 5.00. The summed E-state index contributed by atoms with van der Waals surface area (Å²) in [4.78, 5) is 35.6. The summed E-state index contributed by atoms with van der Waals surface area (Å²) in [6.07, 6.45) is 0.871. The van der Waals surface area contributed by atoms with Crippen molar-refractivity contribution in [1.29, 1.82) is 0 Å². The lowest BCUT2D eigenvalue weighted by Crippen LogP contribution is -2.36. The van der Waals surface area contributed by atoms with Gasteiger partial charge in [-0.1, -0.05) is 0 Å². The van der Waals surface area contributed by atoms with Crippen LogP contribution in [0.2, 0.25) is 0 Å². The quantitative estimate of drug-likeness (QED) is 0.477. The summed E-state index contributed by atoms with van der Waals surface area (Å²) < 4.78 is 17.7. The Balaban J connectivity index is 1.68. The number of nitrogen functional groups attached to an aromatic ring is 1. The fraction of sp³-hybridized carbons (Fsp3) is 0.458. The van der Waals surface area contributed by atoms with Crippen molar-refractivity contribution in [2.75, 3.05) is 31.4 Å². The highest BCUT2D eigenvalue weighted by molar-refractivity contribution is 6.00. The maximum Gasteiger partial charge on any atom is 0.415 e. The van der Waals surface area contributed by atoms with Crippen LogP contribution in [0.5, 0.6) is 5.75 Å². The average molecular weight is 500 g/mol. The standard InChI is InChI=1S/C24H33N7O5/c1-14-10-19(30(6)23(33)36-24(3,4)5)31-21(27-14)17(11-26-31)22(32)28-15(2)12-35-13-16-8-9-18(34-7)20(25)29-16/h8-11,15H,12-13H2,1-7H3,(H2,25,29)(H,28,32)/t15-/m1/s1. The Kier molecular flexibility index (Phi) is 7.98. The predicted octanol–water partition coefficient (Wildman–Crippen LogP) is 2.73. The Morgan fingerprint density at radius 2 is 1.97 bits per heavy atom. The molecule has 3 heterocycles. The monoisotopic (exact) mass is 499 g/mol. The van der Waals surface area contributed by atoms with Crippen molar-refractivity contribution in [1.82, 2.24) is 24.9 Å². The second-order valence-corrected chi connectivity index (χ2v) is 9.37. The number of aromatic nitrogens is 4. The third-order valence-electron chi connectivity index (χ3n) is 5.00. The number of hydrogen-bond donors (Lipinski definition) is 2. The molecule has 1 atom stereocenters. The van der Waals surface area contributed by atoms with Crippen molar-refractivity contribution in [3.8, 4) is 5.75 Å². The van der Waals surface area contributed by atoms with Crippen molar-refractivity contribution >= 4 is 29.3 Å².